The van der Waals surface area contributed by atoms with E-state index in [2.05, 4.69) is 0 Å². The number of benzene rings is 2. The number of Topliss-reactive ketones (excluding diaryl/α,β-unsaturated/α-hetero) is 1. The lowest BCUT2D eigenvalue weighted by Gasteiger charge is -2.13. The number of hydrogen-bond acceptors (Lipinski definition) is 4. The zero-order chi connectivity index (χ0) is 23.1. The fraction of sp³-hybridized carbons (Fsp3) is 0.269. The van der Waals surface area contributed by atoms with Gasteiger partial charge in [-0.2, -0.15) is 0 Å². The van der Waals surface area contributed by atoms with Gasteiger partial charge in [0.05, 0.1) is 17.9 Å². The number of aromatic nitrogens is 1. The molecule has 3 rings (SSSR count). The normalized spacial score (nSPS) is 10.7. The van der Waals surface area contributed by atoms with Crippen LogP contribution in [0.2, 0.25) is 0 Å². The van der Waals surface area contributed by atoms with Crippen LogP contribution in [0.1, 0.15) is 51.7 Å². The minimum absolute atomic E-state index is 0.0128. The Kier molecular flexibility index (Phi) is 7.60. The minimum Gasteiger partial charge on any atom is -0.481 e. The maximum Gasteiger partial charge on any atom is 0.340 e. The van der Waals surface area contributed by atoms with Gasteiger partial charge in [0.15, 0.2) is 5.78 Å². The van der Waals surface area contributed by atoms with Crippen LogP contribution in [0.3, 0.4) is 0 Å². The average Bonchev–Trinajstić information content (AvgIpc) is 3.06. The number of nitrogens with zero attached hydrogens (tertiary/aromatic N) is 1. The molecule has 1 aromatic heterocycles. The lowest BCUT2D eigenvalue weighted by molar-refractivity contribution is -0.137. The van der Waals surface area contributed by atoms with Crippen LogP contribution >= 0.6 is 0 Å². The van der Waals surface area contributed by atoms with Crippen LogP contribution in [0.5, 0.6) is 0 Å². The lowest BCUT2D eigenvalue weighted by Crippen LogP contribution is -2.11. The summed E-state index contributed by atoms with van der Waals surface area (Å²) in [6.07, 6.45) is 0.451. The number of carbonyl (C=O) groups excluding carboxylic acids is 2. The van der Waals surface area contributed by atoms with Crippen molar-refractivity contribution in [2.45, 2.75) is 39.7 Å². The van der Waals surface area contributed by atoms with Gasteiger partial charge in [0, 0.05) is 36.2 Å². The molecule has 0 radical (unpaired) electrons. The quantitative estimate of drug-likeness (QED) is 0.362. The van der Waals surface area contributed by atoms with Crippen LogP contribution in [0, 0.1) is 6.92 Å². The van der Waals surface area contributed by atoms with Crippen molar-refractivity contribution < 1.29 is 24.2 Å². The Morgan fingerprint density at radius 1 is 0.969 bits per heavy atom. The third-order valence-corrected chi connectivity index (χ3v) is 5.36. The molecule has 6 nitrogen and oxygen atoms in total. The van der Waals surface area contributed by atoms with Crippen LogP contribution in [-0.4, -0.2) is 34.0 Å². The maximum atomic E-state index is 13.1. The van der Waals surface area contributed by atoms with E-state index in [-0.39, 0.29) is 25.2 Å². The molecule has 0 aliphatic carbocycles. The molecule has 3 aromatic rings. The summed E-state index contributed by atoms with van der Waals surface area (Å²) in [5.74, 6) is -1.45. The smallest absolute Gasteiger partial charge is 0.340 e. The van der Waals surface area contributed by atoms with Gasteiger partial charge in [-0.25, -0.2) is 4.79 Å². The SMILES string of the molecule is CCOC(=O)c1c(CC(=O)c2ccccc2)c(-c2ccccc2)n(CCCC(=O)O)c1C. The highest BCUT2D eigenvalue weighted by Crippen LogP contribution is 2.34. The molecule has 0 spiro atoms. The molecule has 0 saturated heterocycles. The summed E-state index contributed by atoms with van der Waals surface area (Å²) in [4.78, 5) is 37.1. The molecular formula is C26H27NO5. The second kappa shape index (κ2) is 10.6. The second-order valence-electron chi connectivity index (χ2n) is 7.49. The number of carbonyl (C=O) groups is 3. The molecular weight excluding hydrogens is 406 g/mol. The van der Waals surface area contributed by atoms with Gasteiger partial charge in [0.1, 0.15) is 0 Å². The van der Waals surface area contributed by atoms with Crippen molar-refractivity contribution in [3.05, 3.63) is 83.0 Å². The van der Waals surface area contributed by atoms with Gasteiger partial charge in [-0.05, 0) is 25.8 Å². The van der Waals surface area contributed by atoms with Gasteiger partial charge in [-0.3, -0.25) is 9.59 Å². The molecule has 0 saturated carbocycles. The van der Waals surface area contributed by atoms with Gasteiger partial charge in [0.25, 0.3) is 0 Å². The molecule has 2 aromatic carbocycles. The second-order valence-corrected chi connectivity index (χ2v) is 7.49. The summed E-state index contributed by atoms with van der Waals surface area (Å²) in [7, 11) is 0. The van der Waals surface area contributed by atoms with Gasteiger partial charge in [0.2, 0.25) is 0 Å². The Labute approximate surface area is 187 Å². The zero-order valence-electron chi connectivity index (χ0n) is 18.3. The molecule has 0 atom stereocenters. The molecule has 166 valence electrons. The van der Waals surface area contributed by atoms with Crippen LogP contribution < -0.4 is 0 Å². The van der Waals surface area contributed by atoms with Crippen molar-refractivity contribution in [3.8, 4) is 11.3 Å². The number of carboxylic acid groups (broad SMARTS) is 1. The van der Waals surface area contributed by atoms with E-state index in [0.717, 1.165) is 11.3 Å². The summed E-state index contributed by atoms with van der Waals surface area (Å²) in [5, 5.41) is 9.08. The first-order chi connectivity index (χ1) is 15.4. The summed E-state index contributed by atoms with van der Waals surface area (Å²) in [6.45, 7) is 4.18. The van der Waals surface area contributed by atoms with Crippen LogP contribution in [-0.2, 0) is 22.5 Å². The summed E-state index contributed by atoms with van der Waals surface area (Å²) >= 11 is 0. The zero-order valence-corrected chi connectivity index (χ0v) is 18.3. The molecule has 0 fully saturated rings. The Morgan fingerprint density at radius 3 is 2.19 bits per heavy atom. The summed E-state index contributed by atoms with van der Waals surface area (Å²) in [5.41, 5.74) is 3.83. The first-order valence-corrected chi connectivity index (χ1v) is 10.7. The van der Waals surface area contributed by atoms with Crippen molar-refractivity contribution >= 4 is 17.7 Å². The molecule has 0 unspecified atom stereocenters. The number of ketones is 1. The Hall–Kier alpha value is -3.67. The third-order valence-electron chi connectivity index (χ3n) is 5.36. The van der Waals surface area contributed by atoms with Gasteiger partial charge < -0.3 is 14.4 Å². The molecule has 0 aliphatic heterocycles. The van der Waals surface area contributed by atoms with E-state index in [1.54, 1.807) is 31.2 Å². The van der Waals surface area contributed by atoms with Crippen LogP contribution in [0.4, 0.5) is 0 Å². The standard InChI is InChI=1S/C26H27NO5/c1-3-32-26(31)24-18(2)27(16-10-15-23(29)30)25(20-13-8-5-9-14-20)21(24)17-22(28)19-11-6-4-7-12-19/h4-9,11-14H,3,10,15-17H2,1-2H3,(H,29,30). The third kappa shape index (κ3) is 5.14. The first kappa shape index (κ1) is 23.0. The fourth-order valence-electron chi connectivity index (χ4n) is 3.93. The van der Waals surface area contributed by atoms with E-state index < -0.39 is 11.9 Å². The van der Waals surface area contributed by atoms with Crippen LogP contribution in [0.15, 0.2) is 60.7 Å². The highest BCUT2D eigenvalue weighted by molar-refractivity contribution is 6.02. The molecule has 0 bridgehead atoms. The van der Waals surface area contributed by atoms with Crippen molar-refractivity contribution in [1.29, 1.82) is 0 Å². The molecule has 32 heavy (non-hydrogen) atoms. The van der Waals surface area contributed by atoms with Crippen molar-refractivity contribution in [3.63, 3.8) is 0 Å². The van der Waals surface area contributed by atoms with E-state index in [1.165, 1.54) is 0 Å². The van der Waals surface area contributed by atoms with Crippen LogP contribution in [0.25, 0.3) is 11.3 Å². The first-order valence-electron chi connectivity index (χ1n) is 10.7. The lowest BCUT2D eigenvalue weighted by atomic mass is 9.96. The predicted octanol–water partition coefficient (Wildman–Crippen LogP) is 4.93. The summed E-state index contributed by atoms with van der Waals surface area (Å²) in [6, 6.07) is 18.5. The largest absolute Gasteiger partial charge is 0.481 e. The minimum atomic E-state index is -0.874. The topological polar surface area (TPSA) is 85.6 Å². The predicted molar refractivity (Wildman–Crippen MR) is 122 cm³/mol. The molecule has 0 amide bonds. The van der Waals surface area contributed by atoms with Crippen molar-refractivity contribution in [2.75, 3.05) is 6.61 Å². The fourth-order valence-corrected chi connectivity index (χ4v) is 3.93. The van der Waals surface area contributed by atoms with Crippen molar-refractivity contribution in [2.24, 2.45) is 0 Å². The number of carboxylic acids is 1. The van der Waals surface area contributed by atoms with E-state index in [9.17, 15) is 14.4 Å². The number of rotatable bonds is 10. The van der Waals surface area contributed by atoms with E-state index in [1.807, 2.05) is 47.9 Å². The Bertz CT molecular complexity index is 1100. The van der Waals surface area contributed by atoms with E-state index >= 15 is 0 Å². The molecule has 6 heteroatoms. The molecule has 1 N–H and O–H groups in total. The highest BCUT2D eigenvalue weighted by atomic mass is 16.5. The number of hydrogen-bond donors (Lipinski definition) is 1. The highest BCUT2D eigenvalue weighted by Gasteiger charge is 2.28. The molecule has 0 aliphatic rings. The average molecular weight is 434 g/mol. The number of esters is 1. The monoisotopic (exact) mass is 433 g/mol. The van der Waals surface area contributed by atoms with E-state index in [4.69, 9.17) is 9.84 Å². The van der Waals surface area contributed by atoms with Gasteiger partial charge in [-0.15, -0.1) is 0 Å². The van der Waals surface area contributed by atoms with Crippen molar-refractivity contribution in [1.82, 2.24) is 4.57 Å². The summed E-state index contributed by atoms with van der Waals surface area (Å²) < 4.78 is 7.27. The molecule has 1 heterocycles. The van der Waals surface area contributed by atoms with Gasteiger partial charge >= 0.3 is 11.9 Å². The Morgan fingerprint density at radius 2 is 1.59 bits per heavy atom. The van der Waals surface area contributed by atoms with E-state index in [0.29, 0.717) is 35.3 Å². The number of ether oxygens (including phenoxy) is 1. The maximum absolute atomic E-state index is 13.1. The number of aliphatic carboxylic acids is 1. The van der Waals surface area contributed by atoms with Gasteiger partial charge in [-0.1, -0.05) is 60.7 Å². The Balaban J connectivity index is 2.17.